The van der Waals surface area contributed by atoms with Crippen molar-refractivity contribution in [2.24, 2.45) is 0 Å². The summed E-state index contributed by atoms with van der Waals surface area (Å²) < 4.78 is 42.1. The normalized spacial score (nSPS) is 16.1. The first-order valence-corrected chi connectivity index (χ1v) is 5.87. The van der Waals surface area contributed by atoms with E-state index in [0.29, 0.717) is 12.8 Å². The second-order valence-corrected chi connectivity index (χ2v) is 4.55. The van der Waals surface area contributed by atoms with Crippen LogP contribution in [0.5, 0.6) is 5.75 Å². The second kappa shape index (κ2) is 5.04. The number of nitriles is 1. The van der Waals surface area contributed by atoms with Crippen LogP contribution in [0.3, 0.4) is 0 Å². The van der Waals surface area contributed by atoms with Crippen molar-refractivity contribution in [2.75, 3.05) is 6.61 Å². The van der Waals surface area contributed by atoms with E-state index < -0.39 is 23.2 Å². The number of hydrogen-bond acceptors (Lipinski definition) is 3. The van der Waals surface area contributed by atoms with Gasteiger partial charge in [0.1, 0.15) is 11.3 Å². The molecule has 1 N–H and O–H groups in total. The first-order valence-electron chi connectivity index (χ1n) is 5.87. The molecule has 20 heavy (non-hydrogen) atoms. The van der Waals surface area contributed by atoms with Crippen LogP contribution in [-0.2, 0) is 11.0 Å². The summed E-state index contributed by atoms with van der Waals surface area (Å²) in [6.45, 7) is -0.338. The quantitative estimate of drug-likeness (QED) is 0.922. The molecule has 0 unspecified atom stereocenters. The van der Waals surface area contributed by atoms with E-state index >= 15 is 0 Å². The molecule has 0 bridgehead atoms. The van der Waals surface area contributed by atoms with Crippen molar-refractivity contribution in [1.82, 2.24) is 5.32 Å². The van der Waals surface area contributed by atoms with E-state index in [9.17, 15) is 18.0 Å². The van der Waals surface area contributed by atoms with E-state index in [4.69, 9.17) is 10.00 Å². The van der Waals surface area contributed by atoms with Gasteiger partial charge in [0.05, 0.1) is 11.6 Å². The zero-order chi connectivity index (χ0) is 14.8. The third kappa shape index (κ3) is 3.41. The average molecular weight is 284 g/mol. The van der Waals surface area contributed by atoms with Gasteiger partial charge >= 0.3 is 6.18 Å². The minimum atomic E-state index is -4.40. The Bertz CT molecular complexity index is 542. The number of benzene rings is 1. The largest absolute Gasteiger partial charge is 0.484 e. The molecule has 1 aliphatic rings. The van der Waals surface area contributed by atoms with E-state index in [1.807, 2.05) is 6.07 Å². The first-order chi connectivity index (χ1) is 9.35. The monoisotopic (exact) mass is 284 g/mol. The Labute approximate surface area is 113 Å². The minimum absolute atomic E-state index is 0.162. The van der Waals surface area contributed by atoms with Crippen LogP contribution in [0.15, 0.2) is 24.3 Å². The Morgan fingerprint density at radius 3 is 2.40 bits per heavy atom. The summed E-state index contributed by atoms with van der Waals surface area (Å²) in [4.78, 5) is 11.5. The highest BCUT2D eigenvalue weighted by atomic mass is 19.4. The number of ether oxygens (including phenoxy) is 1. The predicted molar refractivity (Wildman–Crippen MR) is 62.7 cm³/mol. The molecule has 4 nitrogen and oxygen atoms in total. The van der Waals surface area contributed by atoms with Crippen LogP contribution < -0.4 is 10.1 Å². The van der Waals surface area contributed by atoms with Crippen molar-refractivity contribution in [1.29, 1.82) is 5.26 Å². The summed E-state index contributed by atoms with van der Waals surface area (Å²) in [6.07, 6.45) is -3.19. The molecule has 0 radical (unpaired) electrons. The van der Waals surface area contributed by atoms with E-state index in [1.54, 1.807) is 0 Å². The smallest absolute Gasteiger partial charge is 0.416 e. The van der Waals surface area contributed by atoms with Gasteiger partial charge in [-0.1, -0.05) is 0 Å². The van der Waals surface area contributed by atoms with Gasteiger partial charge in [0.25, 0.3) is 5.91 Å². The molecule has 0 heterocycles. The van der Waals surface area contributed by atoms with Crippen molar-refractivity contribution in [3.05, 3.63) is 29.8 Å². The Morgan fingerprint density at radius 2 is 1.95 bits per heavy atom. The molecule has 7 heteroatoms. The van der Waals surface area contributed by atoms with Crippen LogP contribution in [0, 0.1) is 11.3 Å². The topological polar surface area (TPSA) is 62.1 Å². The number of hydrogen-bond donors (Lipinski definition) is 1. The first kappa shape index (κ1) is 14.2. The fourth-order valence-electron chi connectivity index (χ4n) is 1.58. The molecule has 1 fully saturated rings. The highest BCUT2D eigenvalue weighted by Gasteiger charge is 2.44. The zero-order valence-electron chi connectivity index (χ0n) is 10.3. The molecule has 1 aromatic rings. The van der Waals surface area contributed by atoms with Gasteiger partial charge in [0, 0.05) is 0 Å². The number of amides is 1. The molecule has 0 aromatic heterocycles. The summed E-state index contributed by atoms with van der Waals surface area (Å²) >= 11 is 0. The summed E-state index contributed by atoms with van der Waals surface area (Å²) in [5.74, 6) is -0.307. The van der Waals surface area contributed by atoms with Crippen molar-refractivity contribution >= 4 is 5.91 Å². The van der Waals surface area contributed by atoms with Gasteiger partial charge in [0.15, 0.2) is 6.61 Å². The van der Waals surface area contributed by atoms with Crippen LogP contribution >= 0.6 is 0 Å². The van der Waals surface area contributed by atoms with Gasteiger partial charge in [0.2, 0.25) is 0 Å². The van der Waals surface area contributed by atoms with Crippen LogP contribution in [0.2, 0.25) is 0 Å². The van der Waals surface area contributed by atoms with E-state index in [0.717, 1.165) is 24.3 Å². The zero-order valence-corrected chi connectivity index (χ0v) is 10.3. The fourth-order valence-corrected chi connectivity index (χ4v) is 1.58. The van der Waals surface area contributed by atoms with E-state index in [-0.39, 0.29) is 12.4 Å². The molecule has 106 valence electrons. The maximum atomic E-state index is 12.3. The summed E-state index contributed by atoms with van der Waals surface area (Å²) in [6, 6.07) is 6.05. The third-order valence-corrected chi connectivity index (χ3v) is 2.89. The van der Waals surface area contributed by atoms with Crippen LogP contribution in [-0.4, -0.2) is 18.1 Å². The molecule has 0 saturated heterocycles. The van der Waals surface area contributed by atoms with Gasteiger partial charge in [-0.25, -0.2) is 0 Å². The third-order valence-electron chi connectivity index (χ3n) is 2.89. The lowest BCUT2D eigenvalue weighted by Crippen LogP contribution is -2.38. The van der Waals surface area contributed by atoms with Crippen molar-refractivity contribution < 1.29 is 22.7 Å². The van der Waals surface area contributed by atoms with Gasteiger partial charge in [-0.2, -0.15) is 18.4 Å². The summed E-state index contributed by atoms with van der Waals surface area (Å²) in [5, 5.41) is 11.3. The number of carbonyl (C=O) groups is 1. The number of carbonyl (C=O) groups excluding carboxylic acids is 1. The average Bonchev–Trinajstić information content (AvgIpc) is 3.16. The summed E-state index contributed by atoms with van der Waals surface area (Å²) in [5.41, 5.74) is -1.56. The molecule has 0 atom stereocenters. The van der Waals surface area contributed by atoms with Gasteiger partial charge < -0.3 is 10.1 Å². The lowest BCUT2D eigenvalue weighted by molar-refractivity contribution is -0.137. The number of nitrogens with one attached hydrogen (secondary N) is 1. The molecule has 1 amide bonds. The highest BCUT2D eigenvalue weighted by molar-refractivity contribution is 5.79. The van der Waals surface area contributed by atoms with Crippen LogP contribution in [0.1, 0.15) is 18.4 Å². The standard InChI is InChI=1S/C13H11F3N2O2/c14-13(15,16)9-1-3-10(4-2-9)20-7-11(19)18-12(8-17)5-6-12/h1-4H,5-7H2,(H,18,19). The SMILES string of the molecule is N#CC1(NC(=O)COc2ccc(C(F)(F)F)cc2)CC1. The van der Waals surface area contributed by atoms with Crippen molar-refractivity contribution in [3.8, 4) is 11.8 Å². The Morgan fingerprint density at radius 1 is 1.35 bits per heavy atom. The molecule has 1 saturated carbocycles. The van der Waals surface area contributed by atoms with Crippen molar-refractivity contribution in [2.45, 2.75) is 24.6 Å². The maximum Gasteiger partial charge on any atom is 0.416 e. The van der Waals surface area contributed by atoms with Crippen LogP contribution in [0.25, 0.3) is 0 Å². The molecule has 1 aliphatic carbocycles. The second-order valence-electron chi connectivity index (χ2n) is 4.55. The minimum Gasteiger partial charge on any atom is -0.484 e. The molecular formula is C13H11F3N2O2. The molecule has 1 aromatic carbocycles. The molecule has 0 spiro atoms. The fraction of sp³-hybridized carbons (Fsp3) is 0.385. The Kier molecular flexibility index (Phi) is 3.57. The number of nitrogens with zero attached hydrogens (tertiary/aromatic N) is 1. The molecule has 2 rings (SSSR count). The van der Waals surface area contributed by atoms with Gasteiger partial charge in [-0.05, 0) is 37.1 Å². The Hall–Kier alpha value is -2.23. The number of rotatable bonds is 4. The van der Waals surface area contributed by atoms with Gasteiger partial charge in [-0.15, -0.1) is 0 Å². The maximum absolute atomic E-state index is 12.3. The lowest BCUT2D eigenvalue weighted by atomic mass is 10.2. The van der Waals surface area contributed by atoms with E-state index in [1.165, 1.54) is 0 Å². The summed E-state index contributed by atoms with van der Waals surface area (Å²) in [7, 11) is 0. The predicted octanol–water partition coefficient (Wildman–Crippen LogP) is 2.26. The highest BCUT2D eigenvalue weighted by Crippen LogP contribution is 2.34. The molecule has 0 aliphatic heterocycles. The Balaban J connectivity index is 1.85. The van der Waals surface area contributed by atoms with E-state index in [2.05, 4.69) is 5.32 Å². The number of alkyl halides is 3. The van der Waals surface area contributed by atoms with Gasteiger partial charge in [-0.3, -0.25) is 4.79 Å². The number of halogens is 3. The molecular weight excluding hydrogens is 273 g/mol. The lowest BCUT2D eigenvalue weighted by Gasteiger charge is -2.11. The van der Waals surface area contributed by atoms with Crippen LogP contribution in [0.4, 0.5) is 13.2 Å². The van der Waals surface area contributed by atoms with Crippen molar-refractivity contribution in [3.63, 3.8) is 0 Å².